The third-order valence-electron chi connectivity index (χ3n) is 8.34. The minimum atomic E-state index is -4.85. The Bertz CT molecular complexity index is 1570. The molecule has 0 bridgehead atoms. The maximum Gasteiger partial charge on any atom is 0.418 e. The van der Waals surface area contributed by atoms with Gasteiger partial charge in [-0.25, -0.2) is 13.8 Å². The molecular weight excluding hydrogens is 561 g/mol. The first kappa shape index (κ1) is 28.1. The third-order valence-corrected chi connectivity index (χ3v) is 8.34. The molecule has 0 aromatic carbocycles. The van der Waals surface area contributed by atoms with Crippen LogP contribution in [0.3, 0.4) is 0 Å². The van der Waals surface area contributed by atoms with E-state index in [0.717, 1.165) is 25.5 Å². The molecule has 3 aromatic heterocycles. The highest BCUT2D eigenvalue weighted by Crippen LogP contribution is 2.42. The Morgan fingerprint density at radius 1 is 1.14 bits per heavy atom. The fourth-order valence-corrected chi connectivity index (χ4v) is 6.39. The predicted octanol–water partition coefficient (Wildman–Crippen LogP) is 3.69. The molecule has 3 fully saturated rings. The zero-order valence-corrected chi connectivity index (χ0v) is 22.8. The van der Waals surface area contributed by atoms with Crippen LogP contribution in [0.25, 0.3) is 22.3 Å². The van der Waals surface area contributed by atoms with Crippen molar-refractivity contribution >= 4 is 22.5 Å². The third kappa shape index (κ3) is 4.87. The van der Waals surface area contributed by atoms with Gasteiger partial charge in [0.15, 0.2) is 12.0 Å². The second-order valence-corrected chi connectivity index (χ2v) is 11.0. The number of nitrogens with two attached hydrogens (primary N) is 1. The fraction of sp³-hybridized carbons (Fsp3) is 0.519. The fourth-order valence-electron chi connectivity index (χ4n) is 6.39. The number of aryl methyl sites for hydroxylation is 1. The van der Waals surface area contributed by atoms with Gasteiger partial charge in [0.1, 0.15) is 41.3 Å². The van der Waals surface area contributed by atoms with Crippen molar-refractivity contribution in [3.8, 4) is 23.6 Å². The van der Waals surface area contributed by atoms with E-state index >= 15 is 4.39 Å². The van der Waals surface area contributed by atoms with Crippen molar-refractivity contribution in [2.24, 2.45) is 0 Å². The van der Waals surface area contributed by atoms with Crippen molar-refractivity contribution in [3.05, 3.63) is 29.2 Å². The summed E-state index contributed by atoms with van der Waals surface area (Å²) in [6.45, 7) is 3.88. The molecule has 0 saturated carbocycles. The molecular formula is C27H28F5N9O. The van der Waals surface area contributed by atoms with Crippen LogP contribution in [0.15, 0.2) is 12.3 Å². The van der Waals surface area contributed by atoms with Crippen LogP contribution in [0, 0.1) is 24.2 Å². The molecule has 3 aliphatic heterocycles. The molecule has 3 aliphatic rings. The lowest BCUT2D eigenvalue weighted by atomic mass is 9.95. The molecule has 6 heterocycles. The lowest BCUT2D eigenvalue weighted by Gasteiger charge is -2.33. The van der Waals surface area contributed by atoms with E-state index in [0.29, 0.717) is 39.1 Å². The second-order valence-electron chi connectivity index (χ2n) is 11.0. The second kappa shape index (κ2) is 10.3. The van der Waals surface area contributed by atoms with Crippen LogP contribution >= 0.6 is 0 Å². The standard InChI is InChI=1S/C27H28F5N9O/c1-15-9-18(34)36-22(19(15)27(30,31)32)23-20(29)21-17(11-35-23)24(40-7-5-39(14-33)6-8-40)38-25(37-21)42-13-26-3-2-4-41(26)12-16(28)10-26/h9,11,16H,2-8,10,12-13H2,1H3,(H2,34,36)/t16-,26+/m1/s1. The van der Waals surface area contributed by atoms with E-state index in [4.69, 9.17) is 10.5 Å². The van der Waals surface area contributed by atoms with Crippen molar-refractivity contribution in [2.45, 2.75) is 44.1 Å². The van der Waals surface area contributed by atoms with Gasteiger partial charge in [0.05, 0.1) is 16.5 Å². The van der Waals surface area contributed by atoms with Crippen molar-refractivity contribution in [1.29, 1.82) is 5.26 Å². The Morgan fingerprint density at radius 2 is 1.90 bits per heavy atom. The van der Waals surface area contributed by atoms with E-state index < -0.39 is 40.7 Å². The highest BCUT2D eigenvalue weighted by molar-refractivity contribution is 5.92. The van der Waals surface area contributed by atoms with Gasteiger partial charge in [-0.15, -0.1) is 0 Å². The van der Waals surface area contributed by atoms with Crippen LogP contribution in [0.5, 0.6) is 6.01 Å². The lowest BCUT2D eigenvalue weighted by molar-refractivity contribution is -0.137. The van der Waals surface area contributed by atoms with Gasteiger partial charge in [-0.2, -0.15) is 28.4 Å². The average molecular weight is 590 g/mol. The highest BCUT2D eigenvalue weighted by Gasteiger charge is 2.49. The molecule has 10 nitrogen and oxygen atoms in total. The van der Waals surface area contributed by atoms with Crippen molar-refractivity contribution in [2.75, 3.05) is 56.5 Å². The van der Waals surface area contributed by atoms with Crippen LogP contribution in [-0.2, 0) is 6.18 Å². The minimum absolute atomic E-state index is 0.0777. The quantitative estimate of drug-likeness (QED) is 0.349. The molecule has 15 heteroatoms. The number of ether oxygens (including phenoxy) is 1. The summed E-state index contributed by atoms with van der Waals surface area (Å²) < 4.78 is 78.7. The van der Waals surface area contributed by atoms with Gasteiger partial charge in [0.25, 0.3) is 0 Å². The molecule has 3 saturated heterocycles. The van der Waals surface area contributed by atoms with Crippen LogP contribution in [0.2, 0.25) is 0 Å². The predicted molar refractivity (Wildman–Crippen MR) is 143 cm³/mol. The maximum atomic E-state index is 16.3. The number of nitriles is 1. The monoisotopic (exact) mass is 589 g/mol. The summed E-state index contributed by atoms with van der Waals surface area (Å²) in [5.74, 6) is -1.08. The van der Waals surface area contributed by atoms with Gasteiger partial charge in [0, 0.05) is 45.3 Å². The number of halogens is 5. The van der Waals surface area contributed by atoms with E-state index in [1.54, 1.807) is 4.90 Å². The Kier molecular flexibility index (Phi) is 6.91. The SMILES string of the molecule is Cc1cc(N)nc(-c2ncc3c(N4CCN(C#N)CC4)nc(OC[C@@]45CCCN4C[C@H](F)C5)nc3c2F)c1C(F)(F)F. The number of hydrogen-bond acceptors (Lipinski definition) is 10. The number of aromatic nitrogens is 4. The number of pyridine rings is 2. The van der Waals surface area contributed by atoms with Crippen LogP contribution in [0.1, 0.15) is 30.4 Å². The Balaban J connectivity index is 1.46. The van der Waals surface area contributed by atoms with Gasteiger partial charge >= 0.3 is 12.2 Å². The van der Waals surface area contributed by atoms with Crippen molar-refractivity contribution in [3.63, 3.8) is 0 Å². The van der Waals surface area contributed by atoms with Crippen molar-refractivity contribution < 1.29 is 26.7 Å². The van der Waals surface area contributed by atoms with Gasteiger partial charge in [-0.3, -0.25) is 9.88 Å². The molecule has 0 spiro atoms. The first-order valence-electron chi connectivity index (χ1n) is 13.6. The van der Waals surface area contributed by atoms with E-state index in [1.165, 1.54) is 13.1 Å². The van der Waals surface area contributed by atoms with Gasteiger partial charge < -0.3 is 20.3 Å². The topological polar surface area (TPSA) is 120 Å². The first-order valence-corrected chi connectivity index (χ1v) is 13.6. The minimum Gasteiger partial charge on any atom is -0.461 e. The molecule has 0 aliphatic carbocycles. The normalized spacial score (nSPS) is 22.9. The number of alkyl halides is 4. The Labute approximate surface area is 237 Å². The number of anilines is 2. The van der Waals surface area contributed by atoms with Crippen LogP contribution < -0.4 is 15.4 Å². The van der Waals surface area contributed by atoms with Gasteiger partial charge in [0.2, 0.25) is 0 Å². The van der Waals surface area contributed by atoms with Crippen molar-refractivity contribution in [1.82, 2.24) is 29.7 Å². The van der Waals surface area contributed by atoms with Gasteiger partial charge in [-0.1, -0.05) is 0 Å². The summed E-state index contributed by atoms with van der Waals surface area (Å²) in [5.41, 5.74) is 2.15. The largest absolute Gasteiger partial charge is 0.461 e. The summed E-state index contributed by atoms with van der Waals surface area (Å²) in [4.78, 5) is 22.2. The lowest BCUT2D eigenvalue weighted by Crippen LogP contribution is -2.45. The Morgan fingerprint density at radius 3 is 2.62 bits per heavy atom. The molecule has 222 valence electrons. The zero-order chi connectivity index (χ0) is 29.8. The summed E-state index contributed by atoms with van der Waals surface area (Å²) in [7, 11) is 0. The number of hydrogen-bond donors (Lipinski definition) is 1. The molecule has 2 atom stereocenters. The number of nitrogens with zero attached hydrogens (tertiary/aromatic N) is 8. The number of fused-ring (bicyclic) bond motifs is 2. The summed E-state index contributed by atoms with van der Waals surface area (Å²) in [5, 5.41) is 9.41. The zero-order valence-electron chi connectivity index (χ0n) is 22.8. The molecule has 2 N–H and O–H groups in total. The Hall–Kier alpha value is -4.06. The van der Waals surface area contributed by atoms with Gasteiger partial charge in [-0.05, 0) is 37.9 Å². The molecule has 0 radical (unpaired) electrons. The maximum absolute atomic E-state index is 16.3. The van der Waals surface area contributed by atoms with E-state index in [-0.39, 0.29) is 40.7 Å². The highest BCUT2D eigenvalue weighted by atomic mass is 19.4. The van der Waals surface area contributed by atoms with Crippen LogP contribution in [0.4, 0.5) is 33.6 Å². The summed E-state index contributed by atoms with van der Waals surface area (Å²) in [6, 6.07) is 0.877. The van der Waals surface area contributed by atoms with E-state index in [2.05, 4.69) is 31.0 Å². The number of rotatable bonds is 5. The molecule has 0 unspecified atom stereocenters. The number of nitrogen functional groups attached to an aromatic ring is 1. The smallest absolute Gasteiger partial charge is 0.418 e. The number of piperazine rings is 1. The molecule has 42 heavy (non-hydrogen) atoms. The summed E-state index contributed by atoms with van der Waals surface area (Å²) >= 11 is 0. The average Bonchev–Trinajstić information content (AvgIpc) is 3.46. The van der Waals surface area contributed by atoms with Crippen LogP contribution in [-0.4, -0.2) is 87.3 Å². The molecule has 0 amide bonds. The molecule has 6 rings (SSSR count). The van der Waals surface area contributed by atoms with E-state index in [9.17, 15) is 22.8 Å². The van der Waals surface area contributed by atoms with E-state index in [1.807, 2.05) is 4.90 Å². The molecule has 3 aromatic rings. The summed E-state index contributed by atoms with van der Waals surface area (Å²) in [6.07, 6.45) is -0.610. The first-order chi connectivity index (χ1) is 20.0.